The number of carbonyl (C=O) groups is 2. The lowest BCUT2D eigenvalue weighted by Crippen LogP contribution is -2.46. The number of nitrogens with one attached hydrogen (secondary N) is 1. The van der Waals surface area contributed by atoms with E-state index in [0.29, 0.717) is 23.4 Å². The first-order valence-electron chi connectivity index (χ1n) is 11.6. The van der Waals surface area contributed by atoms with Crippen molar-refractivity contribution in [2.75, 3.05) is 27.4 Å². The number of aromatic nitrogens is 3. The van der Waals surface area contributed by atoms with E-state index in [-0.39, 0.29) is 31.5 Å². The Bertz CT molecular complexity index is 1310. The normalized spacial score (nSPS) is 11.7. The fourth-order valence-electron chi connectivity index (χ4n) is 4.01. The van der Waals surface area contributed by atoms with Gasteiger partial charge in [-0.3, -0.25) is 9.59 Å². The van der Waals surface area contributed by atoms with Gasteiger partial charge in [-0.05, 0) is 35.4 Å². The van der Waals surface area contributed by atoms with Crippen LogP contribution in [0.2, 0.25) is 0 Å². The van der Waals surface area contributed by atoms with Gasteiger partial charge in [0.2, 0.25) is 11.8 Å². The highest BCUT2D eigenvalue weighted by molar-refractivity contribution is 5.89. The Morgan fingerprint density at radius 2 is 1.78 bits per heavy atom. The number of carbonyl (C=O) groups excluding carboxylic acids is 2. The molecule has 1 aromatic heterocycles. The summed E-state index contributed by atoms with van der Waals surface area (Å²) in [5.41, 5.74) is 3.02. The summed E-state index contributed by atoms with van der Waals surface area (Å²) in [6.07, 6.45) is 0. The molecule has 0 aliphatic heterocycles. The van der Waals surface area contributed by atoms with E-state index >= 15 is 0 Å². The fourth-order valence-corrected chi connectivity index (χ4v) is 4.01. The van der Waals surface area contributed by atoms with Crippen LogP contribution in [-0.2, 0) is 27.4 Å². The van der Waals surface area contributed by atoms with E-state index < -0.39 is 6.04 Å². The van der Waals surface area contributed by atoms with Gasteiger partial charge in [0.15, 0.2) is 0 Å². The molecule has 0 aliphatic carbocycles. The highest BCUT2D eigenvalue weighted by Crippen LogP contribution is 2.26. The minimum absolute atomic E-state index is 0.0728. The van der Waals surface area contributed by atoms with Gasteiger partial charge in [-0.2, -0.15) is 0 Å². The van der Waals surface area contributed by atoms with E-state index in [2.05, 4.69) is 15.6 Å². The molecule has 0 fully saturated rings. The molecule has 36 heavy (non-hydrogen) atoms. The van der Waals surface area contributed by atoms with Crippen LogP contribution >= 0.6 is 0 Å². The number of hydrogen-bond donors (Lipinski definition) is 1. The maximum atomic E-state index is 13.7. The smallest absolute Gasteiger partial charge is 0.247 e. The van der Waals surface area contributed by atoms with E-state index in [1.54, 1.807) is 37.1 Å². The molecule has 0 spiro atoms. The maximum absolute atomic E-state index is 13.7. The van der Waals surface area contributed by atoms with Crippen LogP contribution in [0.4, 0.5) is 0 Å². The summed E-state index contributed by atoms with van der Waals surface area (Å²) in [6, 6.07) is 23.3. The SMILES string of the molecule is COCCN(C(=O)Cn1nnc2ccccc21)[C@@H](C(=O)NCc1ccccc1)c1cccc(OC)c1. The monoisotopic (exact) mass is 487 g/mol. The van der Waals surface area contributed by atoms with Crippen LogP contribution in [0.3, 0.4) is 0 Å². The lowest BCUT2D eigenvalue weighted by molar-refractivity contribution is -0.142. The minimum Gasteiger partial charge on any atom is -0.497 e. The highest BCUT2D eigenvalue weighted by Gasteiger charge is 2.32. The summed E-state index contributed by atoms with van der Waals surface area (Å²) in [6.45, 7) is 0.732. The Labute approximate surface area is 209 Å². The van der Waals surface area contributed by atoms with Crippen LogP contribution < -0.4 is 10.1 Å². The van der Waals surface area contributed by atoms with E-state index in [1.165, 1.54) is 4.90 Å². The molecule has 9 heteroatoms. The van der Waals surface area contributed by atoms with Gasteiger partial charge in [0.1, 0.15) is 23.9 Å². The Morgan fingerprint density at radius 1 is 1.00 bits per heavy atom. The van der Waals surface area contributed by atoms with Crippen molar-refractivity contribution in [2.45, 2.75) is 19.1 Å². The van der Waals surface area contributed by atoms with Crippen molar-refractivity contribution >= 4 is 22.8 Å². The van der Waals surface area contributed by atoms with Gasteiger partial charge in [-0.15, -0.1) is 5.10 Å². The summed E-state index contributed by atoms with van der Waals surface area (Å²) >= 11 is 0. The second kappa shape index (κ2) is 11.9. The Kier molecular flexibility index (Phi) is 8.25. The summed E-state index contributed by atoms with van der Waals surface area (Å²) in [4.78, 5) is 28.8. The van der Waals surface area contributed by atoms with Crippen molar-refractivity contribution < 1.29 is 19.1 Å². The number of rotatable bonds is 11. The lowest BCUT2D eigenvalue weighted by Gasteiger charge is -2.31. The Balaban J connectivity index is 1.66. The van der Waals surface area contributed by atoms with Crippen LogP contribution in [0.25, 0.3) is 11.0 Å². The third-order valence-corrected chi connectivity index (χ3v) is 5.84. The number of nitrogens with zero attached hydrogens (tertiary/aromatic N) is 4. The maximum Gasteiger partial charge on any atom is 0.247 e. The molecule has 186 valence electrons. The predicted molar refractivity (Wildman–Crippen MR) is 135 cm³/mol. The van der Waals surface area contributed by atoms with Crippen LogP contribution in [0.1, 0.15) is 17.2 Å². The van der Waals surface area contributed by atoms with Gasteiger partial charge in [0.25, 0.3) is 0 Å². The van der Waals surface area contributed by atoms with Crippen LogP contribution in [0.5, 0.6) is 5.75 Å². The van der Waals surface area contributed by atoms with Gasteiger partial charge in [-0.25, -0.2) is 4.68 Å². The first-order chi connectivity index (χ1) is 17.6. The van der Waals surface area contributed by atoms with E-state index in [9.17, 15) is 9.59 Å². The zero-order valence-electron chi connectivity index (χ0n) is 20.3. The molecule has 1 heterocycles. The van der Waals surface area contributed by atoms with Gasteiger partial charge in [0, 0.05) is 20.2 Å². The molecular formula is C27H29N5O4. The topological polar surface area (TPSA) is 98.6 Å². The number of methoxy groups -OCH3 is 2. The molecule has 9 nitrogen and oxygen atoms in total. The van der Waals surface area contributed by atoms with E-state index in [4.69, 9.17) is 9.47 Å². The predicted octanol–water partition coefficient (Wildman–Crippen LogP) is 2.97. The number of amides is 2. The minimum atomic E-state index is -0.902. The Hall–Kier alpha value is -4.24. The quantitative estimate of drug-likeness (QED) is 0.349. The molecule has 0 aliphatic rings. The van der Waals surface area contributed by atoms with Crippen molar-refractivity contribution in [1.29, 1.82) is 0 Å². The largest absolute Gasteiger partial charge is 0.497 e. The van der Waals surface area contributed by atoms with Crippen molar-refractivity contribution in [3.05, 3.63) is 90.0 Å². The molecule has 0 bridgehead atoms. The summed E-state index contributed by atoms with van der Waals surface area (Å²) in [7, 11) is 3.12. The summed E-state index contributed by atoms with van der Waals surface area (Å²) in [5, 5.41) is 11.3. The summed E-state index contributed by atoms with van der Waals surface area (Å²) in [5.74, 6) is 0.000150. The number of hydrogen-bond acceptors (Lipinski definition) is 6. The Morgan fingerprint density at radius 3 is 2.56 bits per heavy atom. The second-order valence-corrected chi connectivity index (χ2v) is 8.20. The average Bonchev–Trinajstić information content (AvgIpc) is 3.32. The molecule has 0 saturated carbocycles. The third-order valence-electron chi connectivity index (χ3n) is 5.84. The second-order valence-electron chi connectivity index (χ2n) is 8.20. The van der Waals surface area contributed by atoms with Crippen LogP contribution in [0, 0.1) is 0 Å². The lowest BCUT2D eigenvalue weighted by atomic mass is 10.0. The van der Waals surface area contributed by atoms with Crippen molar-refractivity contribution in [1.82, 2.24) is 25.2 Å². The number of para-hydroxylation sites is 1. The number of benzene rings is 3. The molecule has 0 radical (unpaired) electrons. The molecule has 3 aromatic carbocycles. The van der Waals surface area contributed by atoms with Crippen molar-refractivity contribution in [3.63, 3.8) is 0 Å². The first-order valence-corrected chi connectivity index (χ1v) is 11.6. The molecule has 0 unspecified atom stereocenters. The molecule has 1 N–H and O–H groups in total. The standard InChI is InChI=1S/C27H29N5O4/c1-35-16-15-31(25(33)19-32-24-14-7-6-13-23(24)29-30-32)26(21-11-8-12-22(17-21)36-2)27(34)28-18-20-9-4-3-5-10-20/h3-14,17,26H,15-16,18-19H2,1-2H3,(H,28,34)/t26-/m1/s1. The zero-order valence-corrected chi connectivity index (χ0v) is 20.3. The van der Waals surface area contributed by atoms with E-state index in [1.807, 2.05) is 60.7 Å². The van der Waals surface area contributed by atoms with Gasteiger partial charge in [0.05, 0.1) is 19.2 Å². The van der Waals surface area contributed by atoms with Gasteiger partial charge in [-0.1, -0.05) is 59.8 Å². The number of ether oxygens (including phenoxy) is 2. The van der Waals surface area contributed by atoms with Crippen molar-refractivity contribution in [2.24, 2.45) is 0 Å². The van der Waals surface area contributed by atoms with E-state index in [0.717, 1.165) is 11.1 Å². The van der Waals surface area contributed by atoms with Crippen molar-refractivity contribution in [3.8, 4) is 5.75 Å². The highest BCUT2D eigenvalue weighted by atomic mass is 16.5. The molecule has 1 atom stereocenters. The molecule has 4 aromatic rings. The number of fused-ring (bicyclic) bond motifs is 1. The van der Waals surface area contributed by atoms with Gasteiger partial charge < -0.3 is 19.7 Å². The zero-order chi connectivity index (χ0) is 25.3. The summed E-state index contributed by atoms with van der Waals surface area (Å²) < 4.78 is 12.2. The first kappa shape index (κ1) is 24.9. The molecular weight excluding hydrogens is 458 g/mol. The van der Waals surface area contributed by atoms with Crippen LogP contribution in [-0.4, -0.2) is 59.1 Å². The van der Waals surface area contributed by atoms with Gasteiger partial charge >= 0.3 is 0 Å². The molecule has 2 amide bonds. The average molecular weight is 488 g/mol. The molecule has 0 saturated heterocycles. The fraction of sp³-hybridized carbons (Fsp3) is 0.259. The molecule has 4 rings (SSSR count). The van der Waals surface area contributed by atoms with Crippen LogP contribution in [0.15, 0.2) is 78.9 Å². The third kappa shape index (κ3) is 5.87.